The fourth-order valence-corrected chi connectivity index (χ4v) is 6.18. The second-order valence-corrected chi connectivity index (χ2v) is 11.6. The second kappa shape index (κ2) is 16.0. The molecule has 4 rings (SSSR count). The predicted molar refractivity (Wildman–Crippen MR) is 165 cm³/mol. The number of benzene rings is 3. The van der Waals surface area contributed by atoms with Crippen molar-refractivity contribution in [1.29, 1.82) is 0 Å². The van der Waals surface area contributed by atoms with Gasteiger partial charge < -0.3 is 4.74 Å². The SMILES string of the molecule is CC=CCCOc1ccc(-c2ccc(-c3ccc(C4CCC(CCCCCCCC)CC4)c(F)c3F)cc2)c(F)c1F. The van der Waals surface area contributed by atoms with Gasteiger partial charge in [0.1, 0.15) is 0 Å². The highest BCUT2D eigenvalue weighted by molar-refractivity contribution is 5.72. The molecule has 0 bridgehead atoms. The number of ether oxygens (including phenoxy) is 1. The van der Waals surface area contributed by atoms with Gasteiger partial charge in [-0.2, -0.15) is 4.39 Å². The molecule has 0 N–H and O–H groups in total. The highest BCUT2D eigenvalue weighted by Gasteiger charge is 2.26. The van der Waals surface area contributed by atoms with Gasteiger partial charge in [-0.3, -0.25) is 0 Å². The number of allylic oxidation sites excluding steroid dienone is 1. The summed E-state index contributed by atoms with van der Waals surface area (Å²) in [5, 5.41) is 0. The van der Waals surface area contributed by atoms with Gasteiger partial charge in [-0.1, -0.05) is 100 Å². The van der Waals surface area contributed by atoms with E-state index in [0.717, 1.165) is 25.7 Å². The van der Waals surface area contributed by atoms with Crippen LogP contribution >= 0.6 is 0 Å². The minimum absolute atomic E-state index is 0.0460. The maximum absolute atomic E-state index is 15.3. The topological polar surface area (TPSA) is 9.23 Å². The quantitative estimate of drug-likeness (QED) is 0.105. The highest BCUT2D eigenvalue weighted by Crippen LogP contribution is 2.40. The number of halogens is 4. The van der Waals surface area contributed by atoms with Crippen LogP contribution in [-0.2, 0) is 0 Å². The summed E-state index contributed by atoms with van der Waals surface area (Å²) in [7, 11) is 0. The summed E-state index contributed by atoms with van der Waals surface area (Å²) >= 11 is 0. The molecule has 1 aliphatic carbocycles. The van der Waals surface area contributed by atoms with Crippen LogP contribution in [0.3, 0.4) is 0 Å². The Morgan fingerprint density at radius 3 is 1.93 bits per heavy atom. The summed E-state index contributed by atoms with van der Waals surface area (Å²) in [6.07, 6.45) is 17.3. The Morgan fingerprint density at radius 1 is 0.690 bits per heavy atom. The van der Waals surface area contributed by atoms with Gasteiger partial charge in [0.05, 0.1) is 6.61 Å². The van der Waals surface area contributed by atoms with Crippen LogP contribution in [0.2, 0.25) is 0 Å². The third-order valence-corrected chi connectivity index (χ3v) is 8.70. The van der Waals surface area contributed by atoms with E-state index in [0.29, 0.717) is 29.0 Å². The lowest BCUT2D eigenvalue weighted by molar-refractivity contribution is 0.297. The summed E-state index contributed by atoms with van der Waals surface area (Å²) in [5.74, 6) is -3.07. The predicted octanol–water partition coefficient (Wildman–Crippen LogP) is 11.9. The summed E-state index contributed by atoms with van der Waals surface area (Å²) in [5.41, 5.74) is 1.63. The molecular weight excluding hydrogens is 536 g/mol. The normalized spacial score (nSPS) is 17.2. The number of hydrogen-bond acceptors (Lipinski definition) is 1. The maximum atomic E-state index is 15.3. The van der Waals surface area contributed by atoms with Gasteiger partial charge in [-0.25, -0.2) is 13.2 Å². The molecule has 0 aliphatic heterocycles. The molecule has 0 radical (unpaired) electrons. The van der Waals surface area contributed by atoms with Crippen LogP contribution in [0.5, 0.6) is 5.75 Å². The third kappa shape index (κ3) is 8.05. The van der Waals surface area contributed by atoms with Crippen molar-refractivity contribution < 1.29 is 22.3 Å². The summed E-state index contributed by atoms with van der Waals surface area (Å²) in [4.78, 5) is 0. The molecule has 0 saturated heterocycles. The van der Waals surface area contributed by atoms with Crippen LogP contribution < -0.4 is 4.74 Å². The lowest BCUT2D eigenvalue weighted by atomic mass is 9.76. The van der Waals surface area contributed by atoms with E-state index in [-0.39, 0.29) is 29.4 Å². The van der Waals surface area contributed by atoms with Gasteiger partial charge in [-0.05, 0) is 79.7 Å². The lowest BCUT2D eigenvalue weighted by Gasteiger charge is -2.29. The zero-order chi connectivity index (χ0) is 29.9. The lowest BCUT2D eigenvalue weighted by Crippen LogP contribution is -2.15. The van der Waals surface area contributed by atoms with Gasteiger partial charge in [0.25, 0.3) is 0 Å². The molecule has 3 aromatic rings. The van der Waals surface area contributed by atoms with Gasteiger partial charge in [0.15, 0.2) is 23.2 Å². The van der Waals surface area contributed by atoms with E-state index in [1.165, 1.54) is 57.1 Å². The Morgan fingerprint density at radius 2 is 1.29 bits per heavy atom. The summed E-state index contributed by atoms with van der Waals surface area (Å²) < 4.78 is 65.4. The van der Waals surface area contributed by atoms with Crippen molar-refractivity contribution in [2.45, 2.75) is 96.8 Å². The van der Waals surface area contributed by atoms with Crippen molar-refractivity contribution in [3.8, 4) is 28.0 Å². The molecular formula is C37H44F4O. The van der Waals surface area contributed by atoms with Crippen LogP contribution in [0.25, 0.3) is 22.3 Å². The van der Waals surface area contributed by atoms with E-state index in [1.807, 2.05) is 19.1 Å². The maximum Gasteiger partial charge on any atom is 0.201 e. The first-order valence-corrected chi connectivity index (χ1v) is 15.7. The molecule has 0 spiro atoms. The molecule has 1 aliphatic rings. The molecule has 5 heteroatoms. The average Bonchev–Trinajstić information content (AvgIpc) is 3.01. The molecule has 226 valence electrons. The zero-order valence-corrected chi connectivity index (χ0v) is 25.0. The zero-order valence-electron chi connectivity index (χ0n) is 25.0. The Hall–Kier alpha value is -3.08. The molecule has 1 nitrogen and oxygen atoms in total. The fourth-order valence-electron chi connectivity index (χ4n) is 6.18. The van der Waals surface area contributed by atoms with Crippen molar-refractivity contribution in [3.05, 3.63) is 89.5 Å². The standard InChI is InChI=1S/C37H44F4O/c1-3-5-7-8-9-10-12-26-13-15-27(16-14-26)30-21-22-31(35(39)34(30)38)28-17-19-29(20-18-28)32-23-24-33(37(41)36(32)40)42-25-11-6-4-2/h4,6,17-24,26-27H,3,5,7-16,25H2,1-2H3. The Bertz CT molecular complexity index is 1310. The molecule has 42 heavy (non-hydrogen) atoms. The van der Waals surface area contributed by atoms with Crippen molar-refractivity contribution in [2.24, 2.45) is 5.92 Å². The van der Waals surface area contributed by atoms with E-state index in [4.69, 9.17) is 4.74 Å². The molecule has 0 heterocycles. The van der Waals surface area contributed by atoms with Crippen LogP contribution in [0.15, 0.2) is 60.7 Å². The average molecular weight is 581 g/mol. The van der Waals surface area contributed by atoms with Crippen LogP contribution in [0.4, 0.5) is 17.6 Å². The first-order valence-electron chi connectivity index (χ1n) is 15.7. The molecule has 0 atom stereocenters. The molecule has 0 aromatic heterocycles. The third-order valence-electron chi connectivity index (χ3n) is 8.70. The fraction of sp³-hybridized carbons (Fsp3) is 0.459. The number of hydrogen-bond donors (Lipinski definition) is 0. The Kier molecular flexibility index (Phi) is 12.1. The smallest absolute Gasteiger partial charge is 0.201 e. The first kappa shape index (κ1) is 31.8. The monoisotopic (exact) mass is 580 g/mol. The number of unbranched alkanes of at least 4 members (excludes halogenated alkanes) is 5. The van der Waals surface area contributed by atoms with Gasteiger partial charge >= 0.3 is 0 Å². The summed E-state index contributed by atoms with van der Waals surface area (Å²) in [6.45, 7) is 4.36. The van der Waals surface area contributed by atoms with Crippen molar-refractivity contribution in [1.82, 2.24) is 0 Å². The van der Waals surface area contributed by atoms with E-state index in [9.17, 15) is 8.78 Å². The molecule has 0 unspecified atom stereocenters. The molecule has 3 aromatic carbocycles. The van der Waals surface area contributed by atoms with E-state index in [1.54, 1.807) is 36.4 Å². The van der Waals surface area contributed by atoms with E-state index < -0.39 is 23.3 Å². The van der Waals surface area contributed by atoms with Gasteiger partial charge in [0, 0.05) is 11.1 Å². The van der Waals surface area contributed by atoms with Crippen molar-refractivity contribution in [2.75, 3.05) is 6.61 Å². The molecule has 1 fully saturated rings. The van der Waals surface area contributed by atoms with Crippen molar-refractivity contribution >= 4 is 0 Å². The van der Waals surface area contributed by atoms with Crippen LogP contribution in [0, 0.1) is 29.2 Å². The minimum Gasteiger partial charge on any atom is -0.490 e. The highest BCUT2D eigenvalue weighted by atomic mass is 19.2. The first-order chi connectivity index (χ1) is 20.4. The number of rotatable bonds is 14. The van der Waals surface area contributed by atoms with Gasteiger partial charge in [0.2, 0.25) is 5.82 Å². The summed E-state index contributed by atoms with van der Waals surface area (Å²) in [6, 6.07) is 12.7. The molecule has 1 saturated carbocycles. The second-order valence-electron chi connectivity index (χ2n) is 11.6. The van der Waals surface area contributed by atoms with E-state index in [2.05, 4.69) is 6.92 Å². The largest absolute Gasteiger partial charge is 0.490 e. The van der Waals surface area contributed by atoms with Crippen LogP contribution in [0.1, 0.15) is 102 Å². The van der Waals surface area contributed by atoms with Crippen LogP contribution in [-0.4, -0.2) is 6.61 Å². The Labute approximate surface area is 249 Å². The van der Waals surface area contributed by atoms with Gasteiger partial charge in [-0.15, -0.1) is 0 Å². The molecule has 0 amide bonds. The van der Waals surface area contributed by atoms with E-state index >= 15 is 8.78 Å². The Balaban J connectivity index is 1.38. The minimum atomic E-state index is -1.04. The van der Waals surface area contributed by atoms with Crippen molar-refractivity contribution in [3.63, 3.8) is 0 Å².